The summed E-state index contributed by atoms with van der Waals surface area (Å²) < 4.78 is 0. The fraction of sp³-hybridized carbons (Fsp3) is 0.500. The minimum absolute atomic E-state index is 0.242. The smallest absolute Gasteiger partial charge is 0.0633 e. The van der Waals surface area contributed by atoms with Gasteiger partial charge in [-0.15, -0.1) is 0 Å². The van der Waals surface area contributed by atoms with Crippen LogP contribution in [-0.2, 0) is 5.54 Å². The first-order valence-electron chi connectivity index (χ1n) is 4.50. The van der Waals surface area contributed by atoms with Crippen LogP contribution in [0.3, 0.4) is 0 Å². The fourth-order valence-electron chi connectivity index (χ4n) is 1.75. The molecule has 0 aromatic carbocycles. The summed E-state index contributed by atoms with van der Waals surface area (Å²) in [6.07, 6.45) is 2.83. The van der Waals surface area contributed by atoms with E-state index in [1.165, 1.54) is 0 Å². The lowest BCUT2D eigenvalue weighted by Gasteiger charge is -2.41. The summed E-state index contributed by atoms with van der Waals surface area (Å²) in [5.41, 5.74) is 7.68. The summed E-state index contributed by atoms with van der Waals surface area (Å²) in [5, 5.41) is 9.19. The Labute approximate surface area is 77.6 Å². The molecule has 0 saturated heterocycles. The van der Waals surface area contributed by atoms with Crippen LogP contribution in [0, 0.1) is 6.92 Å². The van der Waals surface area contributed by atoms with Crippen molar-refractivity contribution in [1.82, 2.24) is 4.98 Å². The second kappa shape index (κ2) is 2.79. The van der Waals surface area contributed by atoms with Gasteiger partial charge >= 0.3 is 0 Å². The van der Waals surface area contributed by atoms with Crippen LogP contribution in [0.25, 0.3) is 0 Å². The van der Waals surface area contributed by atoms with Crippen LogP contribution in [0.4, 0.5) is 0 Å². The molecule has 1 aliphatic carbocycles. The van der Waals surface area contributed by atoms with Crippen LogP contribution in [0.15, 0.2) is 18.3 Å². The number of aromatic nitrogens is 1. The molecule has 0 bridgehead atoms. The number of rotatable bonds is 1. The molecule has 13 heavy (non-hydrogen) atoms. The van der Waals surface area contributed by atoms with Gasteiger partial charge in [-0.05, 0) is 31.4 Å². The molecular weight excluding hydrogens is 164 g/mol. The molecule has 0 amide bonds. The number of aryl methyl sites for hydroxylation is 1. The molecule has 0 aliphatic heterocycles. The molecule has 0 radical (unpaired) electrons. The highest BCUT2D eigenvalue weighted by Gasteiger charge is 2.42. The van der Waals surface area contributed by atoms with E-state index < -0.39 is 0 Å². The number of aliphatic hydroxyl groups excluding tert-OH is 1. The number of hydrogen-bond donors (Lipinski definition) is 2. The minimum atomic E-state index is -0.382. The second-order valence-electron chi connectivity index (χ2n) is 3.94. The molecule has 1 saturated carbocycles. The molecule has 0 spiro atoms. The van der Waals surface area contributed by atoms with Crippen molar-refractivity contribution < 1.29 is 5.11 Å². The van der Waals surface area contributed by atoms with E-state index in [0.29, 0.717) is 12.8 Å². The Balaban J connectivity index is 2.22. The Morgan fingerprint density at radius 1 is 1.54 bits per heavy atom. The normalized spacial score (nSPS) is 32.7. The summed E-state index contributed by atoms with van der Waals surface area (Å²) in [6, 6.07) is 3.95. The molecule has 3 nitrogen and oxygen atoms in total. The second-order valence-corrected chi connectivity index (χ2v) is 3.94. The number of nitrogens with zero attached hydrogens (tertiary/aromatic N) is 1. The standard InChI is InChI=1S/C10H14N2O/c1-7-2-3-9(12-6-7)10(11)4-8(13)5-10/h2-3,6,8,13H,4-5,11H2,1H3. The molecule has 1 aliphatic rings. The van der Waals surface area contributed by atoms with Crippen molar-refractivity contribution >= 4 is 0 Å². The summed E-state index contributed by atoms with van der Waals surface area (Å²) in [4.78, 5) is 4.27. The summed E-state index contributed by atoms with van der Waals surface area (Å²) in [5.74, 6) is 0. The molecule has 1 fully saturated rings. The van der Waals surface area contributed by atoms with Gasteiger partial charge in [-0.2, -0.15) is 0 Å². The van der Waals surface area contributed by atoms with Gasteiger partial charge in [0.1, 0.15) is 0 Å². The van der Waals surface area contributed by atoms with E-state index in [2.05, 4.69) is 4.98 Å². The molecule has 3 heteroatoms. The van der Waals surface area contributed by atoms with E-state index in [9.17, 15) is 5.11 Å². The first-order valence-corrected chi connectivity index (χ1v) is 4.50. The van der Waals surface area contributed by atoms with Crippen LogP contribution < -0.4 is 5.73 Å². The fourth-order valence-corrected chi connectivity index (χ4v) is 1.75. The summed E-state index contributed by atoms with van der Waals surface area (Å²) in [6.45, 7) is 2.00. The maximum atomic E-state index is 9.19. The Morgan fingerprint density at radius 3 is 2.69 bits per heavy atom. The van der Waals surface area contributed by atoms with E-state index >= 15 is 0 Å². The highest BCUT2D eigenvalue weighted by Crippen LogP contribution is 2.37. The van der Waals surface area contributed by atoms with E-state index in [1.807, 2.05) is 25.3 Å². The lowest BCUT2D eigenvalue weighted by Crippen LogP contribution is -2.52. The monoisotopic (exact) mass is 178 g/mol. The number of aliphatic hydroxyl groups is 1. The Kier molecular flexibility index (Phi) is 1.86. The van der Waals surface area contributed by atoms with Gasteiger partial charge in [0.15, 0.2) is 0 Å². The maximum Gasteiger partial charge on any atom is 0.0633 e. The van der Waals surface area contributed by atoms with Crippen molar-refractivity contribution in [3.63, 3.8) is 0 Å². The topological polar surface area (TPSA) is 59.1 Å². The third kappa shape index (κ3) is 1.45. The predicted octanol–water partition coefficient (Wildman–Crippen LogP) is 0.699. The average molecular weight is 178 g/mol. The van der Waals surface area contributed by atoms with Gasteiger partial charge in [-0.3, -0.25) is 4.98 Å². The molecule has 1 aromatic heterocycles. The number of nitrogens with two attached hydrogens (primary N) is 1. The predicted molar refractivity (Wildman–Crippen MR) is 50.1 cm³/mol. The van der Waals surface area contributed by atoms with Gasteiger partial charge in [-0.1, -0.05) is 6.07 Å². The Bertz CT molecular complexity index is 301. The van der Waals surface area contributed by atoms with Gasteiger partial charge in [0, 0.05) is 6.20 Å². The highest BCUT2D eigenvalue weighted by molar-refractivity contribution is 5.22. The van der Waals surface area contributed by atoms with Gasteiger partial charge < -0.3 is 10.8 Å². The van der Waals surface area contributed by atoms with Crippen molar-refractivity contribution in [2.24, 2.45) is 5.73 Å². The largest absolute Gasteiger partial charge is 0.393 e. The minimum Gasteiger partial charge on any atom is -0.393 e. The summed E-state index contributed by atoms with van der Waals surface area (Å²) >= 11 is 0. The van der Waals surface area contributed by atoms with Crippen LogP contribution in [0.2, 0.25) is 0 Å². The van der Waals surface area contributed by atoms with Crippen molar-refractivity contribution in [3.8, 4) is 0 Å². The Morgan fingerprint density at radius 2 is 2.23 bits per heavy atom. The van der Waals surface area contributed by atoms with E-state index in [1.54, 1.807) is 0 Å². The average Bonchev–Trinajstić information content (AvgIpc) is 2.03. The van der Waals surface area contributed by atoms with E-state index in [0.717, 1.165) is 11.3 Å². The van der Waals surface area contributed by atoms with Crippen LogP contribution in [-0.4, -0.2) is 16.2 Å². The summed E-state index contributed by atoms with van der Waals surface area (Å²) in [7, 11) is 0. The van der Waals surface area contributed by atoms with Gasteiger partial charge in [0.05, 0.1) is 17.3 Å². The molecule has 1 heterocycles. The molecule has 2 rings (SSSR count). The lowest BCUT2D eigenvalue weighted by molar-refractivity contribution is 0.0188. The highest BCUT2D eigenvalue weighted by atomic mass is 16.3. The van der Waals surface area contributed by atoms with Crippen molar-refractivity contribution in [1.29, 1.82) is 0 Å². The first kappa shape index (κ1) is 8.66. The number of hydrogen-bond acceptors (Lipinski definition) is 3. The molecule has 1 aromatic rings. The lowest BCUT2D eigenvalue weighted by atomic mass is 9.73. The Hall–Kier alpha value is -0.930. The van der Waals surface area contributed by atoms with E-state index in [4.69, 9.17) is 5.73 Å². The molecule has 0 unspecified atom stereocenters. The molecule has 70 valence electrons. The quantitative estimate of drug-likeness (QED) is 0.665. The van der Waals surface area contributed by atoms with E-state index in [-0.39, 0.29) is 11.6 Å². The third-order valence-electron chi connectivity index (χ3n) is 2.62. The third-order valence-corrected chi connectivity index (χ3v) is 2.62. The zero-order valence-electron chi connectivity index (χ0n) is 7.70. The van der Waals surface area contributed by atoms with Crippen molar-refractivity contribution in [3.05, 3.63) is 29.6 Å². The zero-order chi connectivity index (χ0) is 9.47. The molecule has 0 atom stereocenters. The van der Waals surface area contributed by atoms with Crippen LogP contribution >= 0.6 is 0 Å². The van der Waals surface area contributed by atoms with Crippen molar-refractivity contribution in [2.45, 2.75) is 31.4 Å². The number of pyridine rings is 1. The van der Waals surface area contributed by atoms with Crippen LogP contribution in [0.5, 0.6) is 0 Å². The first-order chi connectivity index (χ1) is 6.10. The SMILES string of the molecule is Cc1ccc(C2(N)CC(O)C2)nc1. The molecule has 3 N–H and O–H groups in total. The maximum absolute atomic E-state index is 9.19. The van der Waals surface area contributed by atoms with Gasteiger partial charge in [-0.25, -0.2) is 0 Å². The van der Waals surface area contributed by atoms with Gasteiger partial charge in [0.2, 0.25) is 0 Å². The zero-order valence-corrected chi connectivity index (χ0v) is 7.70. The van der Waals surface area contributed by atoms with Crippen molar-refractivity contribution in [2.75, 3.05) is 0 Å². The van der Waals surface area contributed by atoms with Crippen LogP contribution in [0.1, 0.15) is 24.1 Å². The van der Waals surface area contributed by atoms with Gasteiger partial charge in [0.25, 0.3) is 0 Å². The molecular formula is C10H14N2O.